The molecule has 0 bridgehead atoms. The highest BCUT2D eigenvalue weighted by molar-refractivity contribution is 5.42. The number of hydrogen-bond acceptors (Lipinski definition) is 3. The van der Waals surface area contributed by atoms with E-state index in [1.54, 1.807) is 14.2 Å². The van der Waals surface area contributed by atoms with Crippen LogP contribution in [0.1, 0.15) is 38.1 Å². The third-order valence-electron chi connectivity index (χ3n) is 2.83. The second kappa shape index (κ2) is 5.52. The van der Waals surface area contributed by atoms with Crippen molar-refractivity contribution in [3.05, 3.63) is 29.3 Å². The number of methoxy groups -OCH3 is 2. The van der Waals surface area contributed by atoms with Crippen molar-refractivity contribution < 1.29 is 9.47 Å². The van der Waals surface area contributed by atoms with Crippen LogP contribution in [0, 0.1) is 0 Å². The minimum Gasteiger partial charge on any atom is -0.496 e. The lowest BCUT2D eigenvalue weighted by Crippen LogP contribution is -2.20. The van der Waals surface area contributed by atoms with E-state index in [0.29, 0.717) is 0 Å². The van der Waals surface area contributed by atoms with Gasteiger partial charge < -0.3 is 9.47 Å². The Morgan fingerprint density at radius 2 is 1.82 bits per heavy atom. The Balaban J connectivity index is 3.22. The van der Waals surface area contributed by atoms with Gasteiger partial charge >= 0.3 is 0 Å². The van der Waals surface area contributed by atoms with Gasteiger partial charge in [0.15, 0.2) is 0 Å². The number of rotatable bonds is 4. The van der Waals surface area contributed by atoms with Crippen molar-refractivity contribution in [2.45, 2.75) is 32.4 Å². The average molecular weight is 237 g/mol. The van der Waals surface area contributed by atoms with Crippen LogP contribution < -0.4 is 10.1 Å². The Morgan fingerprint density at radius 1 is 1.18 bits per heavy atom. The number of nitrogens with one attached hydrogen (secondary N) is 1. The first-order valence-electron chi connectivity index (χ1n) is 5.82. The standard InChI is InChI=1S/C14H23NO2/c1-14(2,3)11-9-10(13(15-4)17-6)7-8-12(11)16-5/h7-9,13,15H,1-6H3. The van der Waals surface area contributed by atoms with Crippen LogP contribution in [0.5, 0.6) is 5.75 Å². The van der Waals surface area contributed by atoms with E-state index in [4.69, 9.17) is 9.47 Å². The first-order chi connectivity index (χ1) is 7.93. The zero-order valence-corrected chi connectivity index (χ0v) is 11.6. The molecule has 1 aromatic carbocycles. The van der Waals surface area contributed by atoms with Gasteiger partial charge in [-0.15, -0.1) is 0 Å². The minimum atomic E-state index is -0.0815. The van der Waals surface area contributed by atoms with E-state index in [-0.39, 0.29) is 11.6 Å². The molecule has 0 spiro atoms. The lowest BCUT2D eigenvalue weighted by molar-refractivity contribution is 0.0807. The van der Waals surface area contributed by atoms with Gasteiger partial charge in [0.25, 0.3) is 0 Å². The van der Waals surface area contributed by atoms with Crippen molar-refractivity contribution in [3.63, 3.8) is 0 Å². The van der Waals surface area contributed by atoms with Crippen molar-refractivity contribution in [1.82, 2.24) is 5.32 Å². The summed E-state index contributed by atoms with van der Waals surface area (Å²) in [5.74, 6) is 0.923. The van der Waals surface area contributed by atoms with Crippen LogP contribution in [-0.2, 0) is 10.2 Å². The van der Waals surface area contributed by atoms with E-state index in [2.05, 4.69) is 32.2 Å². The molecule has 0 saturated heterocycles. The van der Waals surface area contributed by atoms with Gasteiger partial charge in [-0.05, 0) is 35.7 Å². The fraction of sp³-hybridized carbons (Fsp3) is 0.571. The zero-order chi connectivity index (χ0) is 13.1. The summed E-state index contributed by atoms with van der Waals surface area (Å²) in [5, 5.41) is 3.12. The topological polar surface area (TPSA) is 30.5 Å². The first-order valence-corrected chi connectivity index (χ1v) is 5.82. The van der Waals surface area contributed by atoms with E-state index < -0.39 is 0 Å². The fourth-order valence-electron chi connectivity index (χ4n) is 1.90. The van der Waals surface area contributed by atoms with Crippen LogP contribution in [0.2, 0.25) is 0 Å². The molecule has 1 unspecified atom stereocenters. The first kappa shape index (κ1) is 14.0. The molecule has 0 amide bonds. The molecule has 96 valence electrons. The molecular weight excluding hydrogens is 214 g/mol. The smallest absolute Gasteiger partial charge is 0.133 e. The van der Waals surface area contributed by atoms with Crippen LogP contribution in [0.3, 0.4) is 0 Å². The molecule has 0 aliphatic rings. The van der Waals surface area contributed by atoms with Crippen LogP contribution in [0.4, 0.5) is 0 Å². The van der Waals surface area contributed by atoms with Crippen LogP contribution in [0.15, 0.2) is 18.2 Å². The predicted octanol–water partition coefficient (Wildman–Crippen LogP) is 2.86. The van der Waals surface area contributed by atoms with Gasteiger partial charge in [0.05, 0.1) is 7.11 Å². The maximum absolute atomic E-state index is 5.41. The van der Waals surface area contributed by atoms with Crippen LogP contribution in [-0.4, -0.2) is 21.3 Å². The van der Waals surface area contributed by atoms with E-state index in [9.17, 15) is 0 Å². The summed E-state index contributed by atoms with van der Waals surface area (Å²) < 4.78 is 10.8. The molecule has 0 radical (unpaired) electrons. The second-order valence-electron chi connectivity index (χ2n) is 5.11. The van der Waals surface area contributed by atoms with Gasteiger partial charge in [-0.25, -0.2) is 0 Å². The fourth-order valence-corrected chi connectivity index (χ4v) is 1.90. The van der Waals surface area contributed by atoms with E-state index >= 15 is 0 Å². The van der Waals surface area contributed by atoms with E-state index in [1.165, 1.54) is 5.56 Å². The third-order valence-corrected chi connectivity index (χ3v) is 2.83. The summed E-state index contributed by atoms with van der Waals surface area (Å²) in [6, 6.07) is 6.17. The SMILES string of the molecule is CNC(OC)c1ccc(OC)c(C(C)(C)C)c1. The lowest BCUT2D eigenvalue weighted by atomic mass is 9.85. The Hall–Kier alpha value is -1.06. The Bertz CT molecular complexity index is 365. The molecule has 3 heteroatoms. The normalized spacial score (nSPS) is 13.5. The van der Waals surface area contributed by atoms with Crippen molar-refractivity contribution in [2.24, 2.45) is 0 Å². The molecule has 1 atom stereocenters. The summed E-state index contributed by atoms with van der Waals surface area (Å²) in [6.45, 7) is 6.53. The minimum absolute atomic E-state index is 0.0490. The van der Waals surface area contributed by atoms with Crippen molar-refractivity contribution in [3.8, 4) is 5.75 Å². The van der Waals surface area contributed by atoms with Crippen molar-refractivity contribution >= 4 is 0 Å². The summed E-state index contributed by atoms with van der Waals surface area (Å²) in [4.78, 5) is 0. The molecule has 0 fully saturated rings. The van der Waals surface area contributed by atoms with E-state index in [0.717, 1.165) is 11.3 Å². The summed E-state index contributed by atoms with van der Waals surface area (Å²) in [7, 11) is 5.29. The van der Waals surface area contributed by atoms with Crippen molar-refractivity contribution in [2.75, 3.05) is 21.3 Å². The summed E-state index contributed by atoms with van der Waals surface area (Å²) in [5.41, 5.74) is 2.35. The van der Waals surface area contributed by atoms with Gasteiger partial charge in [0.1, 0.15) is 12.0 Å². The maximum atomic E-state index is 5.41. The van der Waals surface area contributed by atoms with Gasteiger partial charge in [0, 0.05) is 7.11 Å². The van der Waals surface area contributed by atoms with Crippen LogP contribution >= 0.6 is 0 Å². The molecule has 1 aromatic rings. The number of ether oxygens (including phenoxy) is 2. The molecule has 0 aliphatic heterocycles. The molecule has 0 saturated carbocycles. The molecule has 17 heavy (non-hydrogen) atoms. The second-order valence-corrected chi connectivity index (χ2v) is 5.11. The number of benzene rings is 1. The molecule has 3 nitrogen and oxygen atoms in total. The Labute approximate surface area is 104 Å². The van der Waals surface area contributed by atoms with Gasteiger partial charge in [0.2, 0.25) is 0 Å². The predicted molar refractivity (Wildman–Crippen MR) is 70.5 cm³/mol. The molecule has 1 N–H and O–H groups in total. The van der Waals surface area contributed by atoms with Crippen LogP contribution in [0.25, 0.3) is 0 Å². The van der Waals surface area contributed by atoms with E-state index in [1.807, 2.05) is 19.2 Å². The van der Waals surface area contributed by atoms with Gasteiger partial charge in [-0.2, -0.15) is 0 Å². The summed E-state index contributed by atoms with van der Waals surface area (Å²) in [6.07, 6.45) is -0.0815. The quantitative estimate of drug-likeness (QED) is 0.817. The Morgan fingerprint density at radius 3 is 2.24 bits per heavy atom. The molecule has 1 rings (SSSR count). The third kappa shape index (κ3) is 3.20. The maximum Gasteiger partial charge on any atom is 0.133 e. The van der Waals surface area contributed by atoms with Crippen molar-refractivity contribution in [1.29, 1.82) is 0 Å². The molecular formula is C14H23NO2. The van der Waals surface area contributed by atoms with Gasteiger partial charge in [-0.1, -0.05) is 26.8 Å². The highest BCUT2D eigenvalue weighted by atomic mass is 16.5. The molecule has 0 aliphatic carbocycles. The highest BCUT2D eigenvalue weighted by Gasteiger charge is 2.20. The lowest BCUT2D eigenvalue weighted by Gasteiger charge is -2.24. The average Bonchev–Trinajstić information content (AvgIpc) is 2.29. The molecule has 0 heterocycles. The monoisotopic (exact) mass is 237 g/mol. The van der Waals surface area contributed by atoms with Gasteiger partial charge in [-0.3, -0.25) is 5.32 Å². The highest BCUT2D eigenvalue weighted by Crippen LogP contribution is 2.33. The summed E-state index contributed by atoms with van der Waals surface area (Å²) >= 11 is 0. The Kier molecular flexibility index (Phi) is 4.54. The zero-order valence-electron chi connectivity index (χ0n) is 11.6. The largest absolute Gasteiger partial charge is 0.496 e. The number of hydrogen-bond donors (Lipinski definition) is 1. The molecule has 0 aromatic heterocycles.